The molecule has 1 aliphatic heterocycles. The average Bonchev–Trinajstić information content (AvgIpc) is 2.49. The molecule has 1 saturated heterocycles. The standard InChI is InChI=1S/C17H25F2NO/c1-2-8-20-15(12-16-5-3-4-9-21-16)11-13-10-14(18)6-7-17(13)19/h6-7,10,15-16,20H,2-5,8-9,11-12H2,1H3. The number of benzene rings is 1. The third-order valence-electron chi connectivity index (χ3n) is 3.98. The van der Waals surface area contributed by atoms with Gasteiger partial charge in [-0.3, -0.25) is 0 Å². The summed E-state index contributed by atoms with van der Waals surface area (Å²) in [5.41, 5.74) is 0.444. The first kappa shape index (κ1) is 16.4. The molecule has 0 spiro atoms. The van der Waals surface area contributed by atoms with Gasteiger partial charge in [0.05, 0.1) is 6.10 Å². The van der Waals surface area contributed by atoms with E-state index in [0.717, 1.165) is 44.9 Å². The molecule has 0 radical (unpaired) electrons. The molecule has 0 aliphatic carbocycles. The molecular weight excluding hydrogens is 272 g/mol. The molecule has 0 saturated carbocycles. The van der Waals surface area contributed by atoms with Crippen LogP contribution in [0.3, 0.4) is 0 Å². The van der Waals surface area contributed by atoms with Crippen LogP contribution in [-0.2, 0) is 11.2 Å². The molecule has 1 aromatic carbocycles. The molecule has 1 aliphatic rings. The normalized spacial score (nSPS) is 20.4. The number of hydrogen-bond acceptors (Lipinski definition) is 2. The van der Waals surface area contributed by atoms with Crippen molar-refractivity contribution < 1.29 is 13.5 Å². The number of nitrogens with one attached hydrogen (secondary N) is 1. The molecular formula is C17H25F2NO. The lowest BCUT2D eigenvalue weighted by atomic mass is 9.96. The maximum absolute atomic E-state index is 13.8. The Hall–Kier alpha value is -1.00. The van der Waals surface area contributed by atoms with E-state index in [1.54, 1.807) is 0 Å². The van der Waals surface area contributed by atoms with Crippen molar-refractivity contribution >= 4 is 0 Å². The van der Waals surface area contributed by atoms with Gasteiger partial charge in [-0.15, -0.1) is 0 Å². The van der Waals surface area contributed by atoms with Crippen molar-refractivity contribution in [3.8, 4) is 0 Å². The Kier molecular flexibility index (Phi) is 6.58. The summed E-state index contributed by atoms with van der Waals surface area (Å²) < 4.78 is 32.9. The van der Waals surface area contributed by atoms with Gasteiger partial charge in [-0.25, -0.2) is 8.78 Å². The molecule has 2 nitrogen and oxygen atoms in total. The van der Waals surface area contributed by atoms with Crippen LogP contribution in [0.4, 0.5) is 8.78 Å². The predicted molar refractivity (Wildman–Crippen MR) is 80.4 cm³/mol. The van der Waals surface area contributed by atoms with E-state index in [4.69, 9.17) is 4.74 Å². The topological polar surface area (TPSA) is 21.3 Å². The van der Waals surface area contributed by atoms with Crippen LogP contribution in [0, 0.1) is 11.6 Å². The zero-order valence-corrected chi connectivity index (χ0v) is 12.7. The van der Waals surface area contributed by atoms with E-state index in [2.05, 4.69) is 12.2 Å². The van der Waals surface area contributed by atoms with Crippen LogP contribution in [0.1, 0.15) is 44.6 Å². The van der Waals surface area contributed by atoms with E-state index in [1.165, 1.54) is 18.6 Å². The Morgan fingerprint density at radius 3 is 2.90 bits per heavy atom. The lowest BCUT2D eigenvalue weighted by Gasteiger charge is -2.28. The second-order valence-corrected chi connectivity index (χ2v) is 5.82. The minimum absolute atomic E-state index is 0.129. The zero-order chi connectivity index (χ0) is 15.1. The summed E-state index contributed by atoms with van der Waals surface area (Å²) in [5.74, 6) is -0.709. The summed E-state index contributed by atoms with van der Waals surface area (Å²) in [7, 11) is 0. The Bertz CT molecular complexity index is 433. The van der Waals surface area contributed by atoms with Crippen molar-refractivity contribution in [2.24, 2.45) is 0 Å². The van der Waals surface area contributed by atoms with Gasteiger partial charge in [0.2, 0.25) is 0 Å². The minimum atomic E-state index is -0.380. The first-order chi connectivity index (χ1) is 10.2. The summed E-state index contributed by atoms with van der Waals surface area (Å²) >= 11 is 0. The molecule has 2 atom stereocenters. The van der Waals surface area contributed by atoms with Crippen molar-refractivity contribution in [3.63, 3.8) is 0 Å². The Labute approximate surface area is 125 Å². The second-order valence-electron chi connectivity index (χ2n) is 5.82. The number of hydrogen-bond donors (Lipinski definition) is 1. The fourth-order valence-corrected chi connectivity index (χ4v) is 2.86. The summed E-state index contributed by atoms with van der Waals surface area (Å²) in [5, 5.41) is 3.44. The molecule has 2 unspecified atom stereocenters. The van der Waals surface area contributed by atoms with E-state index in [-0.39, 0.29) is 23.8 Å². The van der Waals surface area contributed by atoms with E-state index in [0.29, 0.717) is 12.0 Å². The van der Waals surface area contributed by atoms with Crippen molar-refractivity contribution in [3.05, 3.63) is 35.4 Å². The fourth-order valence-electron chi connectivity index (χ4n) is 2.86. The molecule has 21 heavy (non-hydrogen) atoms. The summed E-state index contributed by atoms with van der Waals surface area (Å²) in [6, 6.07) is 3.80. The van der Waals surface area contributed by atoms with E-state index >= 15 is 0 Å². The zero-order valence-electron chi connectivity index (χ0n) is 12.7. The van der Waals surface area contributed by atoms with Crippen LogP contribution in [-0.4, -0.2) is 25.3 Å². The Morgan fingerprint density at radius 1 is 1.33 bits per heavy atom. The first-order valence-corrected chi connectivity index (χ1v) is 7.98. The highest BCUT2D eigenvalue weighted by atomic mass is 19.1. The van der Waals surface area contributed by atoms with Crippen molar-refractivity contribution in [1.82, 2.24) is 5.32 Å². The van der Waals surface area contributed by atoms with Crippen LogP contribution in [0.15, 0.2) is 18.2 Å². The predicted octanol–water partition coefficient (Wildman–Crippen LogP) is 3.83. The lowest BCUT2D eigenvalue weighted by molar-refractivity contribution is 0.00521. The SMILES string of the molecule is CCCNC(Cc1cc(F)ccc1F)CC1CCCCO1. The molecule has 0 aromatic heterocycles. The highest BCUT2D eigenvalue weighted by Gasteiger charge is 2.20. The van der Waals surface area contributed by atoms with Crippen molar-refractivity contribution in [1.29, 1.82) is 0 Å². The molecule has 1 aromatic rings. The number of rotatable bonds is 7. The van der Waals surface area contributed by atoms with E-state index < -0.39 is 0 Å². The van der Waals surface area contributed by atoms with Gasteiger partial charge >= 0.3 is 0 Å². The van der Waals surface area contributed by atoms with Gasteiger partial charge in [-0.1, -0.05) is 6.92 Å². The quantitative estimate of drug-likeness (QED) is 0.826. The number of ether oxygens (including phenoxy) is 1. The largest absolute Gasteiger partial charge is 0.378 e. The van der Waals surface area contributed by atoms with Gasteiger partial charge < -0.3 is 10.1 Å². The third-order valence-corrected chi connectivity index (χ3v) is 3.98. The first-order valence-electron chi connectivity index (χ1n) is 7.98. The monoisotopic (exact) mass is 297 g/mol. The van der Waals surface area contributed by atoms with Crippen LogP contribution >= 0.6 is 0 Å². The summed E-state index contributed by atoms with van der Waals surface area (Å²) in [4.78, 5) is 0. The van der Waals surface area contributed by atoms with Gasteiger partial charge in [0.1, 0.15) is 11.6 Å². The smallest absolute Gasteiger partial charge is 0.126 e. The maximum Gasteiger partial charge on any atom is 0.126 e. The molecule has 0 amide bonds. The van der Waals surface area contributed by atoms with Gasteiger partial charge in [0.25, 0.3) is 0 Å². The molecule has 4 heteroatoms. The Balaban J connectivity index is 1.98. The maximum atomic E-state index is 13.8. The van der Waals surface area contributed by atoms with Crippen LogP contribution in [0.5, 0.6) is 0 Å². The molecule has 1 N–H and O–H groups in total. The lowest BCUT2D eigenvalue weighted by Crippen LogP contribution is -2.37. The third kappa shape index (κ3) is 5.36. The van der Waals surface area contributed by atoms with E-state index in [1.807, 2.05) is 0 Å². The van der Waals surface area contributed by atoms with Crippen molar-refractivity contribution in [2.45, 2.75) is 57.6 Å². The molecule has 2 rings (SSSR count). The molecule has 1 heterocycles. The van der Waals surface area contributed by atoms with E-state index in [9.17, 15) is 8.78 Å². The number of halogens is 2. The van der Waals surface area contributed by atoms with Gasteiger partial charge in [-0.05, 0) is 68.8 Å². The van der Waals surface area contributed by atoms with Crippen molar-refractivity contribution in [2.75, 3.05) is 13.2 Å². The fraction of sp³-hybridized carbons (Fsp3) is 0.647. The highest BCUT2D eigenvalue weighted by Crippen LogP contribution is 2.20. The van der Waals surface area contributed by atoms with Gasteiger partial charge in [0.15, 0.2) is 0 Å². The van der Waals surface area contributed by atoms with Crippen LogP contribution in [0.25, 0.3) is 0 Å². The minimum Gasteiger partial charge on any atom is -0.378 e. The highest BCUT2D eigenvalue weighted by molar-refractivity contribution is 5.19. The summed E-state index contributed by atoms with van der Waals surface area (Å²) in [6.07, 6.45) is 6.01. The van der Waals surface area contributed by atoms with Gasteiger partial charge in [-0.2, -0.15) is 0 Å². The van der Waals surface area contributed by atoms with Crippen LogP contribution < -0.4 is 5.32 Å². The van der Waals surface area contributed by atoms with Crippen LogP contribution in [0.2, 0.25) is 0 Å². The molecule has 118 valence electrons. The molecule has 1 fully saturated rings. The summed E-state index contributed by atoms with van der Waals surface area (Å²) in [6.45, 7) is 3.80. The van der Waals surface area contributed by atoms with Gasteiger partial charge in [0, 0.05) is 12.6 Å². The second kappa shape index (κ2) is 8.44. The average molecular weight is 297 g/mol. The Morgan fingerprint density at radius 2 is 2.19 bits per heavy atom. The molecule has 0 bridgehead atoms.